The van der Waals surface area contributed by atoms with E-state index in [0.717, 1.165) is 17.8 Å². The van der Waals surface area contributed by atoms with Crippen LogP contribution < -0.4 is 4.90 Å². The fraction of sp³-hybridized carbons (Fsp3) is 0.278. The van der Waals surface area contributed by atoms with Crippen molar-refractivity contribution in [3.05, 3.63) is 60.0 Å². The Hall–Kier alpha value is -2.73. The van der Waals surface area contributed by atoms with Crippen molar-refractivity contribution in [1.82, 2.24) is 19.5 Å². The predicted molar refractivity (Wildman–Crippen MR) is 94.4 cm³/mol. The van der Waals surface area contributed by atoms with Gasteiger partial charge in [-0.2, -0.15) is 5.10 Å². The van der Waals surface area contributed by atoms with Crippen LogP contribution in [0.25, 0.3) is 5.52 Å². The summed E-state index contributed by atoms with van der Waals surface area (Å²) in [7, 11) is 3.97. The molecule has 0 aliphatic heterocycles. The lowest BCUT2D eigenvalue weighted by Gasteiger charge is -2.23. The van der Waals surface area contributed by atoms with Crippen molar-refractivity contribution in [2.24, 2.45) is 0 Å². The standard InChI is InChI=1S/C18H21N5O/c1-14-7-6-8-16-15(13-20-23(14)16)18(24)22(12-11-21(2)3)17-9-4-5-10-19-17/h4-10,13H,11-12H2,1-3H3. The van der Waals surface area contributed by atoms with Gasteiger partial charge < -0.3 is 4.90 Å². The van der Waals surface area contributed by atoms with Gasteiger partial charge in [0, 0.05) is 25.0 Å². The van der Waals surface area contributed by atoms with Crippen LogP contribution in [-0.4, -0.2) is 52.6 Å². The molecule has 0 aliphatic carbocycles. The number of carbonyl (C=O) groups is 1. The van der Waals surface area contributed by atoms with Crippen molar-refractivity contribution in [2.45, 2.75) is 6.92 Å². The average molecular weight is 323 g/mol. The molecule has 0 aromatic carbocycles. The molecule has 124 valence electrons. The van der Waals surface area contributed by atoms with E-state index in [9.17, 15) is 4.79 Å². The number of likely N-dealkylation sites (N-methyl/N-ethyl adjacent to an activating group) is 1. The first-order valence-electron chi connectivity index (χ1n) is 7.89. The van der Waals surface area contributed by atoms with Gasteiger partial charge in [0.1, 0.15) is 5.82 Å². The van der Waals surface area contributed by atoms with E-state index in [0.29, 0.717) is 17.9 Å². The minimum atomic E-state index is -0.0869. The number of hydrogen-bond acceptors (Lipinski definition) is 4. The summed E-state index contributed by atoms with van der Waals surface area (Å²) in [5.41, 5.74) is 2.39. The van der Waals surface area contributed by atoms with Crippen molar-refractivity contribution >= 4 is 17.2 Å². The van der Waals surface area contributed by atoms with E-state index in [1.807, 2.05) is 62.3 Å². The van der Waals surface area contributed by atoms with Crippen molar-refractivity contribution in [3.8, 4) is 0 Å². The molecule has 0 saturated carbocycles. The number of pyridine rings is 2. The molecule has 1 amide bonds. The topological polar surface area (TPSA) is 53.7 Å². The lowest BCUT2D eigenvalue weighted by molar-refractivity contribution is 0.0986. The van der Waals surface area contributed by atoms with Gasteiger partial charge in [-0.15, -0.1) is 0 Å². The Balaban J connectivity index is 2.00. The molecule has 24 heavy (non-hydrogen) atoms. The number of hydrogen-bond donors (Lipinski definition) is 0. The van der Waals surface area contributed by atoms with Crippen LogP contribution in [0.2, 0.25) is 0 Å². The van der Waals surface area contributed by atoms with Gasteiger partial charge in [0.2, 0.25) is 0 Å². The summed E-state index contributed by atoms with van der Waals surface area (Å²) in [6, 6.07) is 11.4. The first-order chi connectivity index (χ1) is 11.6. The van der Waals surface area contributed by atoms with E-state index in [1.165, 1.54) is 0 Å². The zero-order valence-electron chi connectivity index (χ0n) is 14.2. The molecule has 0 unspecified atom stereocenters. The van der Waals surface area contributed by atoms with Gasteiger partial charge in [-0.05, 0) is 45.3 Å². The number of aryl methyl sites for hydroxylation is 1. The van der Waals surface area contributed by atoms with Gasteiger partial charge in [-0.1, -0.05) is 12.1 Å². The molecule has 0 atom stereocenters. The van der Waals surface area contributed by atoms with Crippen LogP contribution in [0.3, 0.4) is 0 Å². The van der Waals surface area contributed by atoms with E-state index in [-0.39, 0.29) is 5.91 Å². The number of rotatable bonds is 5. The molecule has 6 heteroatoms. The zero-order chi connectivity index (χ0) is 17.1. The molecule has 0 spiro atoms. The molecule has 6 nitrogen and oxygen atoms in total. The summed E-state index contributed by atoms with van der Waals surface area (Å²) >= 11 is 0. The molecular formula is C18H21N5O. The third kappa shape index (κ3) is 3.14. The molecular weight excluding hydrogens is 302 g/mol. The molecule has 0 bridgehead atoms. The molecule has 0 N–H and O–H groups in total. The normalized spacial score (nSPS) is 11.2. The minimum absolute atomic E-state index is 0.0869. The second-order valence-electron chi connectivity index (χ2n) is 5.97. The van der Waals surface area contributed by atoms with Gasteiger partial charge in [-0.25, -0.2) is 9.50 Å². The molecule has 0 saturated heterocycles. The molecule has 0 aliphatic rings. The lowest BCUT2D eigenvalue weighted by Crippen LogP contribution is -2.37. The van der Waals surface area contributed by atoms with Crippen molar-refractivity contribution < 1.29 is 4.79 Å². The first-order valence-corrected chi connectivity index (χ1v) is 7.89. The summed E-state index contributed by atoms with van der Waals surface area (Å²) < 4.78 is 1.79. The molecule has 3 aromatic rings. The van der Waals surface area contributed by atoms with Crippen LogP contribution in [0.4, 0.5) is 5.82 Å². The van der Waals surface area contributed by atoms with Crippen LogP contribution in [0.5, 0.6) is 0 Å². The summed E-state index contributed by atoms with van der Waals surface area (Å²) in [6.45, 7) is 3.28. The number of nitrogens with zero attached hydrogens (tertiary/aromatic N) is 5. The summed E-state index contributed by atoms with van der Waals surface area (Å²) in [4.78, 5) is 21.3. The molecule has 3 rings (SSSR count). The Labute approximate surface area is 141 Å². The van der Waals surface area contributed by atoms with E-state index in [1.54, 1.807) is 21.8 Å². The summed E-state index contributed by atoms with van der Waals surface area (Å²) in [6.07, 6.45) is 3.34. The van der Waals surface area contributed by atoms with Crippen LogP contribution in [0, 0.1) is 6.92 Å². The molecule has 3 aromatic heterocycles. The fourth-order valence-corrected chi connectivity index (χ4v) is 2.59. The summed E-state index contributed by atoms with van der Waals surface area (Å²) in [5.74, 6) is 0.563. The van der Waals surface area contributed by atoms with E-state index in [2.05, 4.69) is 10.1 Å². The van der Waals surface area contributed by atoms with Crippen molar-refractivity contribution in [3.63, 3.8) is 0 Å². The quantitative estimate of drug-likeness (QED) is 0.723. The van der Waals surface area contributed by atoms with Gasteiger partial charge in [0.15, 0.2) is 0 Å². The van der Waals surface area contributed by atoms with Crippen LogP contribution >= 0.6 is 0 Å². The van der Waals surface area contributed by atoms with Gasteiger partial charge in [-0.3, -0.25) is 9.69 Å². The van der Waals surface area contributed by atoms with Gasteiger partial charge in [0.05, 0.1) is 17.3 Å². The smallest absolute Gasteiger partial charge is 0.263 e. The zero-order valence-corrected chi connectivity index (χ0v) is 14.2. The van der Waals surface area contributed by atoms with Gasteiger partial charge in [0.25, 0.3) is 5.91 Å². The van der Waals surface area contributed by atoms with Crippen LogP contribution in [-0.2, 0) is 0 Å². The monoisotopic (exact) mass is 323 g/mol. The van der Waals surface area contributed by atoms with Crippen molar-refractivity contribution in [2.75, 3.05) is 32.1 Å². The Morgan fingerprint density at radius 2 is 1.96 bits per heavy atom. The predicted octanol–water partition coefficient (Wildman–Crippen LogP) is 2.25. The third-order valence-corrected chi connectivity index (χ3v) is 3.90. The largest absolute Gasteiger partial charge is 0.308 e. The second kappa shape index (κ2) is 6.80. The highest BCUT2D eigenvalue weighted by molar-refractivity contribution is 6.09. The lowest BCUT2D eigenvalue weighted by atomic mass is 10.2. The number of anilines is 1. The Morgan fingerprint density at radius 3 is 2.67 bits per heavy atom. The molecule has 0 radical (unpaired) electrons. The highest BCUT2D eigenvalue weighted by atomic mass is 16.2. The highest BCUT2D eigenvalue weighted by Gasteiger charge is 2.22. The molecule has 0 fully saturated rings. The fourth-order valence-electron chi connectivity index (χ4n) is 2.59. The van der Waals surface area contributed by atoms with Crippen molar-refractivity contribution in [1.29, 1.82) is 0 Å². The number of carbonyl (C=O) groups excluding carboxylic acids is 1. The SMILES string of the molecule is Cc1cccc2c(C(=O)N(CCN(C)C)c3ccccn3)cnn12. The maximum absolute atomic E-state index is 13.2. The maximum Gasteiger partial charge on any atom is 0.263 e. The van der Waals surface area contributed by atoms with Crippen LogP contribution in [0.1, 0.15) is 16.1 Å². The minimum Gasteiger partial charge on any atom is -0.308 e. The Kier molecular flexibility index (Phi) is 4.57. The summed E-state index contributed by atoms with van der Waals surface area (Å²) in [5, 5.41) is 4.35. The number of aromatic nitrogens is 3. The van der Waals surface area contributed by atoms with E-state index < -0.39 is 0 Å². The van der Waals surface area contributed by atoms with E-state index >= 15 is 0 Å². The average Bonchev–Trinajstić information content (AvgIpc) is 3.01. The molecule has 3 heterocycles. The first kappa shape index (κ1) is 16.1. The number of amides is 1. The second-order valence-corrected chi connectivity index (χ2v) is 5.97. The van der Waals surface area contributed by atoms with Crippen LogP contribution in [0.15, 0.2) is 48.8 Å². The number of fused-ring (bicyclic) bond motifs is 1. The third-order valence-electron chi connectivity index (χ3n) is 3.90. The van der Waals surface area contributed by atoms with Gasteiger partial charge >= 0.3 is 0 Å². The highest BCUT2D eigenvalue weighted by Crippen LogP contribution is 2.18. The maximum atomic E-state index is 13.2. The Morgan fingerprint density at radius 1 is 1.12 bits per heavy atom. The van der Waals surface area contributed by atoms with E-state index in [4.69, 9.17) is 0 Å². The Bertz CT molecular complexity index is 841.